The molecule has 17 heavy (non-hydrogen) atoms. The molecule has 5 nitrogen and oxygen atoms in total. The van der Waals surface area contributed by atoms with Gasteiger partial charge in [0, 0.05) is 25.0 Å². The van der Waals surface area contributed by atoms with Crippen LogP contribution in [0, 0.1) is 11.3 Å². The molecule has 1 aliphatic heterocycles. The molecule has 5 heteroatoms. The summed E-state index contributed by atoms with van der Waals surface area (Å²) in [4.78, 5) is 13.6. The minimum atomic E-state index is -0.469. The predicted molar refractivity (Wildman–Crippen MR) is 64.3 cm³/mol. The van der Waals surface area contributed by atoms with E-state index in [1.54, 1.807) is 4.90 Å². The molecule has 1 unspecified atom stereocenters. The Morgan fingerprint density at radius 2 is 2.29 bits per heavy atom. The molecule has 0 aromatic rings. The Labute approximate surface area is 103 Å². The van der Waals surface area contributed by atoms with Crippen LogP contribution < -0.4 is 5.32 Å². The number of nitriles is 1. The van der Waals surface area contributed by atoms with E-state index in [2.05, 4.69) is 26.1 Å². The molecule has 0 saturated carbocycles. The molecule has 0 bridgehead atoms. The third-order valence-corrected chi connectivity index (χ3v) is 2.56. The predicted octanol–water partition coefficient (Wildman–Crippen LogP) is 0.516. The van der Waals surface area contributed by atoms with Crippen LogP contribution in [0.4, 0.5) is 0 Å². The lowest BCUT2D eigenvalue weighted by Gasteiger charge is -2.30. The zero-order valence-electron chi connectivity index (χ0n) is 10.8. The minimum Gasteiger partial charge on any atom is -0.360 e. The maximum atomic E-state index is 11.9. The van der Waals surface area contributed by atoms with Crippen molar-refractivity contribution < 1.29 is 9.53 Å². The lowest BCUT2D eigenvalue weighted by atomic mass is 10.1. The lowest BCUT2D eigenvalue weighted by molar-refractivity contribution is -0.136. The fourth-order valence-electron chi connectivity index (χ4n) is 1.66. The molecule has 0 spiro atoms. The molecule has 1 atom stereocenters. The Bertz CT molecular complexity index is 304. The van der Waals surface area contributed by atoms with Gasteiger partial charge in [0.25, 0.3) is 0 Å². The van der Waals surface area contributed by atoms with Gasteiger partial charge < -0.3 is 15.0 Å². The fourth-order valence-corrected chi connectivity index (χ4v) is 1.66. The number of nitrogens with zero attached hydrogens (tertiary/aromatic N) is 2. The standard InChI is InChI=1S/C12H21N3O2/c1-12(2,3)14-5-4-11(16)15-6-7-17-10(8-13)9-15/h10,14H,4-7,9H2,1-3H3. The van der Waals surface area contributed by atoms with E-state index in [1.165, 1.54) is 0 Å². The zero-order valence-corrected chi connectivity index (χ0v) is 10.8. The Morgan fingerprint density at radius 3 is 2.88 bits per heavy atom. The van der Waals surface area contributed by atoms with Crippen LogP contribution in [0.3, 0.4) is 0 Å². The highest BCUT2D eigenvalue weighted by Crippen LogP contribution is 2.06. The van der Waals surface area contributed by atoms with E-state index in [-0.39, 0.29) is 11.4 Å². The smallest absolute Gasteiger partial charge is 0.224 e. The summed E-state index contributed by atoms with van der Waals surface area (Å²) >= 11 is 0. The molecule has 0 radical (unpaired) electrons. The second-order valence-corrected chi connectivity index (χ2v) is 5.26. The molecule has 0 aromatic carbocycles. The zero-order chi connectivity index (χ0) is 12.9. The molecule has 1 saturated heterocycles. The average Bonchev–Trinajstić information content (AvgIpc) is 2.27. The number of carbonyl (C=O) groups excluding carboxylic acids is 1. The molecule has 96 valence electrons. The molecule has 1 N–H and O–H groups in total. The summed E-state index contributed by atoms with van der Waals surface area (Å²) in [5.41, 5.74) is 0.0283. The maximum absolute atomic E-state index is 11.9. The van der Waals surface area contributed by atoms with E-state index >= 15 is 0 Å². The average molecular weight is 239 g/mol. The number of amides is 1. The molecule has 1 rings (SSSR count). The van der Waals surface area contributed by atoms with E-state index < -0.39 is 6.10 Å². The largest absolute Gasteiger partial charge is 0.360 e. The van der Waals surface area contributed by atoms with Crippen LogP contribution in [0.5, 0.6) is 0 Å². The first-order valence-electron chi connectivity index (χ1n) is 5.96. The molecule has 1 fully saturated rings. The molecule has 1 heterocycles. The summed E-state index contributed by atoms with van der Waals surface area (Å²) in [6.45, 7) is 8.30. The van der Waals surface area contributed by atoms with Gasteiger partial charge in [-0.25, -0.2) is 0 Å². The Morgan fingerprint density at radius 1 is 1.59 bits per heavy atom. The van der Waals surface area contributed by atoms with Gasteiger partial charge in [0.15, 0.2) is 6.10 Å². The quantitative estimate of drug-likeness (QED) is 0.779. The van der Waals surface area contributed by atoms with Crippen molar-refractivity contribution in [2.75, 3.05) is 26.2 Å². The lowest BCUT2D eigenvalue weighted by Crippen LogP contribution is -2.46. The van der Waals surface area contributed by atoms with E-state index in [0.717, 1.165) is 0 Å². The van der Waals surface area contributed by atoms with Gasteiger partial charge in [-0.1, -0.05) is 0 Å². The number of hydrogen-bond donors (Lipinski definition) is 1. The summed E-state index contributed by atoms with van der Waals surface area (Å²) in [6, 6.07) is 2.04. The van der Waals surface area contributed by atoms with Crippen LogP contribution in [0.15, 0.2) is 0 Å². The molecule has 0 aliphatic carbocycles. The summed E-state index contributed by atoms with van der Waals surface area (Å²) in [7, 11) is 0. The van der Waals surface area contributed by atoms with Gasteiger partial charge in [0.1, 0.15) is 0 Å². The Kier molecular flexibility index (Phi) is 4.91. The van der Waals surface area contributed by atoms with Crippen LogP contribution >= 0.6 is 0 Å². The van der Waals surface area contributed by atoms with Crippen molar-refractivity contribution in [3.63, 3.8) is 0 Å². The first kappa shape index (κ1) is 13.9. The first-order valence-corrected chi connectivity index (χ1v) is 5.96. The molecular weight excluding hydrogens is 218 g/mol. The Balaban J connectivity index is 2.30. The van der Waals surface area contributed by atoms with Crippen molar-refractivity contribution in [2.45, 2.75) is 38.8 Å². The highest BCUT2D eigenvalue weighted by Gasteiger charge is 2.23. The molecule has 0 aromatic heterocycles. The topological polar surface area (TPSA) is 65.4 Å². The first-order chi connectivity index (χ1) is 7.92. The van der Waals surface area contributed by atoms with Gasteiger partial charge in [-0.15, -0.1) is 0 Å². The van der Waals surface area contributed by atoms with E-state index in [4.69, 9.17) is 10.00 Å². The van der Waals surface area contributed by atoms with Crippen molar-refractivity contribution in [2.24, 2.45) is 0 Å². The number of ether oxygens (including phenoxy) is 1. The maximum Gasteiger partial charge on any atom is 0.224 e. The van der Waals surface area contributed by atoms with Crippen molar-refractivity contribution in [3.05, 3.63) is 0 Å². The number of carbonyl (C=O) groups is 1. The second-order valence-electron chi connectivity index (χ2n) is 5.26. The van der Waals surface area contributed by atoms with Crippen LogP contribution in [0.25, 0.3) is 0 Å². The van der Waals surface area contributed by atoms with E-state index in [1.807, 2.05) is 6.07 Å². The van der Waals surface area contributed by atoms with Crippen LogP contribution in [-0.2, 0) is 9.53 Å². The van der Waals surface area contributed by atoms with Gasteiger partial charge in [-0.05, 0) is 20.8 Å². The van der Waals surface area contributed by atoms with Crippen molar-refractivity contribution >= 4 is 5.91 Å². The normalized spacial score (nSPS) is 21.1. The summed E-state index contributed by atoms with van der Waals surface area (Å²) in [6.07, 6.45) is -0.00151. The van der Waals surface area contributed by atoms with Crippen molar-refractivity contribution in [3.8, 4) is 6.07 Å². The minimum absolute atomic E-state index is 0.0283. The van der Waals surface area contributed by atoms with Gasteiger partial charge in [0.2, 0.25) is 5.91 Å². The molecule has 1 aliphatic rings. The van der Waals surface area contributed by atoms with Crippen LogP contribution in [0.1, 0.15) is 27.2 Å². The van der Waals surface area contributed by atoms with Gasteiger partial charge >= 0.3 is 0 Å². The third kappa shape index (κ3) is 5.16. The number of hydrogen-bond acceptors (Lipinski definition) is 4. The van der Waals surface area contributed by atoms with Crippen LogP contribution in [-0.4, -0.2) is 48.7 Å². The van der Waals surface area contributed by atoms with E-state index in [9.17, 15) is 4.79 Å². The fraction of sp³-hybridized carbons (Fsp3) is 0.833. The molecule has 1 amide bonds. The third-order valence-electron chi connectivity index (χ3n) is 2.56. The highest BCUT2D eigenvalue weighted by molar-refractivity contribution is 5.76. The molecular formula is C12H21N3O2. The van der Waals surface area contributed by atoms with Gasteiger partial charge in [0.05, 0.1) is 19.2 Å². The van der Waals surface area contributed by atoms with Crippen molar-refractivity contribution in [1.82, 2.24) is 10.2 Å². The number of morpholine rings is 1. The Hall–Kier alpha value is -1.12. The number of rotatable bonds is 3. The van der Waals surface area contributed by atoms with Crippen molar-refractivity contribution in [1.29, 1.82) is 5.26 Å². The summed E-state index contributed by atoms with van der Waals surface area (Å²) in [5.74, 6) is 0.0882. The highest BCUT2D eigenvalue weighted by atomic mass is 16.5. The van der Waals surface area contributed by atoms with Gasteiger partial charge in [-0.2, -0.15) is 5.26 Å². The summed E-state index contributed by atoms with van der Waals surface area (Å²) in [5, 5.41) is 12.0. The van der Waals surface area contributed by atoms with Crippen LogP contribution in [0.2, 0.25) is 0 Å². The number of nitrogens with one attached hydrogen (secondary N) is 1. The SMILES string of the molecule is CC(C)(C)NCCC(=O)N1CCOC(C#N)C1. The van der Waals surface area contributed by atoms with Gasteiger partial charge in [-0.3, -0.25) is 4.79 Å². The second kappa shape index (κ2) is 5.99. The summed E-state index contributed by atoms with van der Waals surface area (Å²) < 4.78 is 5.20. The van der Waals surface area contributed by atoms with E-state index in [0.29, 0.717) is 32.7 Å². The monoisotopic (exact) mass is 239 g/mol.